The third-order valence-corrected chi connectivity index (χ3v) is 5.32. The first kappa shape index (κ1) is 22.2. The highest BCUT2D eigenvalue weighted by molar-refractivity contribution is 5.80. The van der Waals surface area contributed by atoms with Gasteiger partial charge >= 0.3 is 12.1 Å². The van der Waals surface area contributed by atoms with Gasteiger partial charge < -0.3 is 25.2 Å². The molecule has 2 saturated heterocycles. The molecule has 2 bridgehead atoms. The maximum atomic E-state index is 12.0. The van der Waals surface area contributed by atoms with Gasteiger partial charge in [-0.25, -0.2) is 4.79 Å². The average Bonchev–Trinajstić information content (AvgIpc) is 3.27. The summed E-state index contributed by atoms with van der Waals surface area (Å²) >= 11 is 0. The van der Waals surface area contributed by atoms with Gasteiger partial charge in [-0.15, -0.1) is 0 Å². The summed E-state index contributed by atoms with van der Waals surface area (Å²) in [7, 11) is 0. The maximum Gasteiger partial charge on any atom is 0.407 e. The normalized spacial score (nSPS) is 25.8. The molecule has 158 valence electrons. The van der Waals surface area contributed by atoms with Crippen molar-refractivity contribution in [3.05, 3.63) is 12.2 Å². The van der Waals surface area contributed by atoms with Gasteiger partial charge in [0.2, 0.25) is 0 Å². The molecular weight excluding hydrogens is 364 g/mol. The summed E-state index contributed by atoms with van der Waals surface area (Å²) in [5.74, 6) is -0.473. The van der Waals surface area contributed by atoms with Crippen molar-refractivity contribution in [3.63, 3.8) is 0 Å². The number of carboxylic acids is 1. The number of hydrogen-bond donors (Lipinski definition) is 3. The second-order valence-electron chi connectivity index (χ2n) is 7.42. The fourth-order valence-corrected chi connectivity index (χ4v) is 3.91. The van der Waals surface area contributed by atoms with Crippen molar-refractivity contribution in [1.29, 1.82) is 0 Å². The number of alkyl carbamates (subject to hydrolysis) is 1. The van der Waals surface area contributed by atoms with E-state index in [4.69, 9.17) is 14.6 Å². The molecule has 2 fully saturated rings. The molecule has 2 amide bonds. The van der Waals surface area contributed by atoms with Crippen LogP contribution in [0.1, 0.15) is 51.9 Å². The molecule has 2 aliphatic heterocycles. The first-order valence-electron chi connectivity index (χ1n) is 10.2. The van der Waals surface area contributed by atoms with E-state index in [0.717, 1.165) is 32.1 Å². The van der Waals surface area contributed by atoms with E-state index >= 15 is 0 Å². The Kier molecular flexibility index (Phi) is 9.27. The van der Waals surface area contributed by atoms with E-state index in [1.165, 1.54) is 0 Å². The summed E-state index contributed by atoms with van der Waals surface area (Å²) in [6, 6.07) is 0. The Balaban J connectivity index is 1.70. The Morgan fingerprint density at radius 3 is 2.61 bits per heavy atom. The number of carbonyl (C=O) groups is 3. The lowest BCUT2D eigenvalue weighted by molar-refractivity contribution is -0.137. The molecule has 4 atom stereocenters. The van der Waals surface area contributed by atoms with Crippen LogP contribution in [0.15, 0.2) is 12.2 Å². The second kappa shape index (κ2) is 11.7. The molecule has 28 heavy (non-hydrogen) atoms. The van der Waals surface area contributed by atoms with Gasteiger partial charge in [-0.05, 0) is 44.4 Å². The van der Waals surface area contributed by atoms with Crippen LogP contribution in [0.5, 0.6) is 0 Å². The Labute approximate surface area is 166 Å². The fourth-order valence-electron chi connectivity index (χ4n) is 3.91. The fraction of sp³-hybridized carbons (Fsp3) is 0.750. The molecule has 3 N–H and O–H groups in total. The number of rotatable bonds is 12. The first-order chi connectivity index (χ1) is 13.5. The summed E-state index contributed by atoms with van der Waals surface area (Å²) in [5.41, 5.74) is 0. The van der Waals surface area contributed by atoms with E-state index in [1.54, 1.807) is 0 Å². The lowest BCUT2D eigenvalue weighted by atomic mass is 9.77. The maximum absolute atomic E-state index is 12.0. The van der Waals surface area contributed by atoms with E-state index in [2.05, 4.69) is 16.7 Å². The number of hydrogen-bond acceptors (Lipinski definition) is 5. The SMILES string of the molecule is CCCNC(=O)OCC(=O)NC[C@H]1[C@@H](C/C=C\CCCC(=O)O)[C@H]2CC[C@@H]1O2. The third-order valence-electron chi connectivity index (χ3n) is 5.32. The highest BCUT2D eigenvalue weighted by atomic mass is 16.6. The van der Waals surface area contributed by atoms with Gasteiger partial charge in [-0.2, -0.15) is 0 Å². The van der Waals surface area contributed by atoms with Crippen LogP contribution in [-0.2, 0) is 19.1 Å². The third kappa shape index (κ3) is 7.14. The molecule has 0 aliphatic carbocycles. The van der Waals surface area contributed by atoms with E-state index in [9.17, 15) is 14.4 Å². The van der Waals surface area contributed by atoms with E-state index in [0.29, 0.717) is 25.4 Å². The summed E-state index contributed by atoms with van der Waals surface area (Å²) < 4.78 is 10.9. The lowest BCUT2D eigenvalue weighted by Crippen LogP contribution is -2.40. The van der Waals surface area contributed by atoms with Crippen molar-refractivity contribution in [2.45, 2.75) is 64.1 Å². The minimum Gasteiger partial charge on any atom is -0.481 e. The zero-order chi connectivity index (χ0) is 20.4. The van der Waals surface area contributed by atoms with E-state index < -0.39 is 12.1 Å². The largest absolute Gasteiger partial charge is 0.481 e. The van der Waals surface area contributed by atoms with Crippen molar-refractivity contribution in [3.8, 4) is 0 Å². The number of carbonyl (C=O) groups excluding carboxylic acids is 2. The van der Waals surface area contributed by atoms with Crippen LogP contribution in [0, 0.1) is 11.8 Å². The van der Waals surface area contributed by atoms with Crippen LogP contribution in [0.25, 0.3) is 0 Å². The molecule has 8 nitrogen and oxygen atoms in total. The molecule has 2 aliphatic rings. The van der Waals surface area contributed by atoms with Crippen molar-refractivity contribution in [2.24, 2.45) is 11.8 Å². The number of amides is 2. The standard InChI is InChI=1S/C20H32N2O6/c1-2-11-21-20(26)27-13-18(23)22-12-15-14(16-9-10-17(15)28-16)7-5-3-4-6-8-19(24)25/h3,5,14-17H,2,4,6-13H2,1H3,(H,21,26)(H,22,23)(H,24,25)/b5-3-/t14-,15+,16-,17+/m1/s1. The number of unbranched alkanes of at least 4 members (excludes halogenated alkanes) is 1. The van der Waals surface area contributed by atoms with Crippen LogP contribution < -0.4 is 10.6 Å². The minimum absolute atomic E-state index is 0.171. The molecule has 0 saturated carbocycles. The Morgan fingerprint density at radius 2 is 1.89 bits per heavy atom. The van der Waals surface area contributed by atoms with E-state index in [-0.39, 0.29) is 37.1 Å². The predicted octanol–water partition coefficient (Wildman–Crippen LogP) is 2.23. The minimum atomic E-state index is -0.766. The molecule has 0 unspecified atom stereocenters. The molecule has 0 aromatic heterocycles. The number of carboxylic acid groups (broad SMARTS) is 1. The van der Waals surface area contributed by atoms with Crippen LogP contribution in [-0.4, -0.2) is 55.0 Å². The second-order valence-corrected chi connectivity index (χ2v) is 7.42. The summed E-state index contributed by atoms with van der Waals surface area (Å²) in [4.78, 5) is 33.9. The smallest absolute Gasteiger partial charge is 0.407 e. The molecule has 8 heteroatoms. The highest BCUT2D eigenvalue weighted by Gasteiger charge is 2.47. The van der Waals surface area contributed by atoms with Crippen molar-refractivity contribution < 1.29 is 29.0 Å². The number of aliphatic carboxylic acids is 1. The van der Waals surface area contributed by atoms with Crippen molar-refractivity contribution >= 4 is 18.0 Å². The number of nitrogens with one attached hydrogen (secondary N) is 2. The van der Waals surface area contributed by atoms with Gasteiger partial charge in [-0.3, -0.25) is 9.59 Å². The van der Waals surface area contributed by atoms with Gasteiger partial charge in [0.05, 0.1) is 12.2 Å². The number of ether oxygens (including phenoxy) is 2. The van der Waals surface area contributed by atoms with Gasteiger partial charge in [0.15, 0.2) is 6.61 Å². The first-order valence-corrected chi connectivity index (χ1v) is 10.2. The molecule has 0 radical (unpaired) electrons. The van der Waals surface area contributed by atoms with Gasteiger partial charge in [0, 0.05) is 25.4 Å². The van der Waals surface area contributed by atoms with Gasteiger partial charge in [0.25, 0.3) is 5.91 Å². The Bertz CT molecular complexity index is 565. The topological polar surface area (TPSA) is 114 Å². The summed E-state index contributed by atoms with van der Waals surface area (Å²) in [6.45, 7) is 2.68. The molecule has 2 heterocycles. The van der Waals surface area contributed by atoms with Crippen molar-refractivity contribution in [1.82, 2.24) is 10.6 Å². The average molecular weight is 396 g/mol. The Morgan fingerprint density at radius 1 is 1.14 bits per heavy atom. The predicted molar refractivity (Wildman–Crippen MR) is 103 cm³/mol. The molecular formula is C20H32N2O6. The monoisotopic (exact) mass is 396 g/mol. The lowest BCUT2D eigenvalue weighted by Gasteiger charge is -2.27. The summed E-state index contributed by atoms with van der Waals surface area (Å²) in [5, 5.41) is 14.1. The van der Waals surface area contributed by atoms with Gasteiger partial charge in [0.1, 0.15) is 0 Å². The number of fused-ring (bicyclic) bond motifs is 2. The zero-order valence-corrected chi connectivity index (χ0v) is 16.5. The van der Waals surface area contributed by atoms with Gasteiger partial charge in [-0.1, -0.05) is 19.1 Å². The van der Waals surface area contributed by atoms with E-state index in [1.807, 2.05) is 13.0 Å². The van der Waals surface area contributed by atoms with Crippen molar-refractivity contribution in [2.75, 3.05) is 19.7 Å². The molecule has 2 rings (SSSR count). The quantitative estimate of drug-likeness (QED) is 0.344. The van der Waals surface area contributed by atoms with Crippen LogP contribution in [0.3, 0.4) is 0 Å². The Hall–Kier alpha value is -2.09. The number of allylic oxidation sites excluding steroid dienone is 2. The van der Waals surface area contributed by atoms with Crippen LogP contribution in [0.4, 0.5) is 4.79 Å². The molecule has 0 aromatic carbocycles. The van der Waals surface area contributed by atoms with Crippen LogP contribution >= 0.6 is 0 Å². The molecule has 0 aromatic rings. The highest BCUT2D eigenvalue weighted by Crippen LogP contribution is 2.44. The van der Waals surface area contributed by atoms with Crippen LogP contribution in [0.2, 0.25) is 0 Å². The summed E-state index contributed by atoms with van der Waals surface area (Å²) in [6.07, 6.45) is 9.28. The zero-order valence-electron chi connectivity index (χ0n) is 16.5. The molecule has 0 spiro atoms.